The Labute approximate surface area is 174 Å². The first-order valence-corrected chi connectivity index (χ1v) is 10.2. The first kappa shape index (κ1) is 20.8. The molecule has 0 aliphatic rings. The Hall–Kier alpha value is -2.92. The van der Waals surface area contributed by atoms with Crippen molar-refractivity contribution >= 4 is 43.4 Å². The van der Waals surface area contributed by atoms with Crippen LogP contribution in [0.2, 0.25) is 0 Å². The predicted molar refractivity (Wildman–Crippen MR) is 119 cm³/mol. The third kappa shape index (κ3) is 4.57. The van der Waals surface area contributed by atoms with Gasteiger partial charge in [-0.3, -0.25) is 0 Å². The maximum absolute atomic E-state index is 11.9. The topological polar surface area (TPSA) is 52.6 Å². The fourth-order valence-corrected chi connectivity index (χ4v) is 4.28. The monoisotopic (exact) mass is 408 g/mol. The van der Waals surface area contributed by atoms with E-state index in [9.17, 15) is 9.59 Å². The number of hydrogen-bond donors (Lipinski definition) is 0. The SMILES string of the molecule is C=C(C)C(=O)OCCCc1ccc2c(c1)sc1c(C)c(OC(=O)C(=C)C)ccc12. The maximum Gasteiger partial charge on any atom is 0.338 e. The summed E-state index contributed by atoms with van der Waals surface area (Å²) in [6.45, 7) is 12.8. The lowest BCUT2D eigenvalue weighted by atomic mass is 10.1. The van der Waals surface area contributed by atoms with Gasteiger partial charge in [0.2, 0.25) is 0 Å². The van der Waals surface area contributed by atoms with Crippen molar-refractivity contribution in [2.45, 2.75) is 33.6 Å². The van der Waals surface area contributed by atoms with Crippen LogP contribution in [0.4, 0.5) is 0 Å². The largest absolute Gasteiger partial charge is 0.462 e. The zero-order valence-corrected chi connectivity index (χ0v) is 17.8. The molecule has 0 unspecified atom stereocenters. The molecule has 0 aliphatic carbocycles. The lowest BCUT2D eigenvalue weighted by Crippen LogP contribution is -2.08. The van der Waals surface area contributed by atoms with E-state index in [0.29, 0.717) is 23.5 Å². The molecule has 0 saturated heterocycles. The molecule has 0 amide bonds. The van der Waals surface area contributed by atoms with E-state index in [0.717, 1.165) is 28.5 Å². The number of ether oxygens (including phenoxy) is 2. The maximum atomic E-state index is 11.9. The average Bonchev–Trinajstić information content (AvgIpc) is 3.05. The second-order valence-electron chi connectivity index (χ2n) is 7.19. The summed E-state index contributed by atoms with van der Waals surface area (Å²) in [4.78, 5) is 23.3. The minimum atomic E-state index is -0.414. The van der Waals surface area contributed by atoms with E-state index in [1.807, 2.05) is 19.1 Å². The number of benzene rings is 2. The molecule has 4 nitrogen and oxygen atoms in total. The van der Waals surface area contributed by atoms with E-state index in [4.69, 9.17) is 9.47 Å². The molecular weight excluding hydrogens is 384 g/mol. The standard InChI is InChI=1S/C24H24O4S/c1-14(2)23(25)27-12-6-7-17-8-9-18-19-10-11-20(28-24(26)15(3)4)16(5)22(19)29-21(18)13-17/h8-11,13H,1,3,6-7,12H2,2,4-5H3. The molecule has 1 heterocycles. The summed E-state index contributed by atoms with van der Waals surface area (Å²) in [6.07, 6.45) is 1.59. The summed E-state index contributed by atoms with van der Waals surface area (Å²) in [6, 6.07) is 10.3. The Morgan fingerprint density at radius 2 is 1.69 bits per heavy atom. The fourth-order valence-electron chi connectivity index (χ4n) is 3.02. The number of fused-ring (bicyclic) bond motifs is 3. The van der Waals surface area contributed by atoms with Crippen LogP contribution in [0.3, 0.4) is 0 Å². The van der Waals surface area contributed by atoms with Gasteiger partial charge in [0.05, 0.1) is 6.61 Å². The predicted octanol–water partition coefficient (Wildman–Crippen LogP) is 5.90. The van der Waals surface area contributed by atoms with E-state index in [-0.39, 0.29) is 5.97 Å². The molecule has 0 N–H and O–H groups in total. The molecule has 0 spiro atoms. The van der Waals surface area contributed by atoms with Gasteiger partial charge < -0.3 is 9.47 Å². The first-order valence-electron chi connectivity index (χ1n) is 9.43. The average molecular weight is 409 g/mol. The van der Waals surface area contributed by atoms with Gasteiger partial charge in [0, 0.05) is 36.9 Å². The van der Waals surface area contributed by atoms with Gasteiger partial charge in [-0.25, -0.2) is 9.59 Å². The molecule has 0 fully saturated rings. The smallest absolute Gasteiger partial charge is 0.338 e. The van der Waals surface area contributed by atoms with Crippen molar-refractivity contribution in [1.82, 2.24) is 0 Å². The van der Waals surface area contributed by atoms with Crippen LogP contribution in [-0.2, 0) is 20.7 Å². The van der Waals surface area contributed by atoms with Crippen LogP contribution in [-0.4, -0.2) is 18.5 Å². The normalized spacial score (nSPS) is 10.9. The Bertz CT molecular complexity index is 1140. The van der Waals surface area contributed by atoms with Crippen molar-refractivity contribution in [3.05, 3.63) is 65.8 Å². The summed E-state index contributed by atoms with van der Waals surface area (Å²) in [7, 11) is 0. The Morgan fingerprint density at radius 3 is 2.38 bits per heavy atom. The highest BCUT2D eigenvalue weighted by Crippen LogP contribution is 2.39. The molecule has 0 saturated carbocycles. The van der Waals surface area contributed by atoms with Gasteiger partial charge in [-0.15, -0.1) is 11.3 Å². The minimum absolute atomic E-state index is 0.344. The van der Waals surface area contributed by atoms with Gasteiger partial charge in [-0.05, 0) is 57.4 Å². The summed E-state index contributed by atoms with van der Waals surface area (Å²) < 4.78 is 12.9. The van der Waals surface area contributed by atoms with Gasteiger partial charge >= 0.3 is 11.9 Å². The molecule has 0 aliphatic heterocycles. The molecular formula is C24H24O4S. The molecule has 5 heteroatoms. The van der Waals surface area contributed by atoms with Crippen molar-refractivity contribution in [1.29, 1.82) is 0 Å². The van der Waals surface area contributed by atoms with Gasteiger partial charge in [0.1, 0.15) is 5.75 Å². The van der Waals surface area contributed by atoms with E-state index in [1.165, 1.54) is 15.6 Å². The molecule has 29 heavy (non-hydrogen) atoms. The van der Waals surface area contributed by atoms with Crippen molar-refractivity contribution in [2.75, 3.05) is 6.61 Å². The lowest BCUT2D eigenvalue weighted by molar-refractivity contribution is -0.139. The van der Waals surface area contributed by atoms with E-state index in [2.05, 4.69) is 31.4 Å². The van der Waals surface area contributed by atoms with Crippen LogP contribution in [0.1, 0.15) is 31.4 Å². The number of aryl methyl sites for hydroxylation is 2. The second-order valence-corrected chi connectivity index (χ2v) is 8.24. The van der Waals surface area contributed by atoms with E-state index < -0.39 is 5.97 Å². The van der Waals surface area contributed by atoms with Crippen LogP contribution >= 0.6 is 11.3 Å². The second kappa shape index (κ2) is 8.62. The Morgan fingerprint density at radius 1 is 1.00 bits per heavy atom. The van der Waals surface area contributed by atoms with Gasteiger partial charge in [-0.1, -0.05) is 25.3 Å². The summed E-state index contributed by atoms with van der Waals surface area (Å²) >= 11 is 1.69. The van der Waals surface area contributed by atoms with Crippen LogP contribution in [0, 0.1) is 6.92 Å². The van der Waals surface area contributed by atoms with Gasteiger partial charge in [-0.2, -0.15) is 0 Å². The van der Waals surface area contributed by atoms with Crippen molar-refractivity contribution in [2.24, 2.45) is 0 Å². The fraction of sp³-hybridized carbons (Fsp3) is 0.250. The molecule has 150 valence electrons. The van der Waals surface area contributed by atoms with Gasteiger partial charge in [0.15, 0.2) is 0 Å². The Kier molecular flexibility index (Phi) is 6.18. The van der Waals surface area contributed by atoms with Crippen LogP contribution in [0.5, 0.6) is 5.75 Å². The van der Waals surface area contributed by atoms with Crippen LogP contribution < -0.4 is 4.74 Å². The molecule has 0 atom stereocenters. The number of rotatable bonds is 7. The molecule has 3 aromatic rings. The highest BCUT2D eigenvalue weighted by atomic mass is 32.1. The lowest BCUT2D eigenvalue weighted by Gasteiger charge is -2.07. The van der Waals surface area contributed by atoms with Crippen LogP contribution in [0.25, 0.3) is 20.2 Å². The number of hydrogen-bond acceptors (Lipinski definition) is 5. The van der Waals surface area contributed by atoms with E-state index in [1.54, 1.807) is 25.2 Å². The number of carbonyl (C=O) groups is 2. The van der Waals surface area contributed by atoms with Crippen molar-refractivity contribution in [3.8, 4) is 5.75 Å². The molecule has 0 bridgehead atoms. The highest BCUT2D eigenvalue weighted by Gasteiger charge is 2.14. The van der Waals surface area contributed by atoms with Crippen molar-refractivity contribution in [3.63, 3.8) is 0 Å². The Balaban J connectivity index is 1.80. The van der Waals surface area contributed by atoms with Crippen molar-refractivity contribution < 1.29 is 19.1 Å². The molecule has 2 aromatic carbocycles. The zero-order chi connectivity index (χ0) is 21.1. The van der Waals surface area contributed by atoms with E-state index >= 15 is 0 Å². The molecule has 1 aromatic heterocycles. The minimum Gasteiger partial charge on any atom is -0.462 e. The quantitative estimate of drug-likeness (QED) is 0.211. The summed E-state index contributed by atoms with van der Waals surface area (Å²) in [5, 5.41) is 2.34. The molecule has 0 radical (unpaired) electrons. The molecule has 3 rings (SSSR count). The summed E-state index contributed by atoms with van der Waals surface area (Å²) in [5.74, 6) is -0.191. The first-order chi connectivity index (χ1) is 13.8. The number of thiophene rings is 1. The zero-order valence-electron chi connectivity index (χ0n) is 17.0. The van der Waals surface area contributed by atoms with Gasteiger partial charge in [0.25, 0.3) is 0 Å². The number of esters is 2. The van der Waals surface area contributed by atoms with Crippen LogP contribution in [0.15, 0.2) is 54.6 Å². The summed E-state index contributed by atoms with van der Waals surface area (Å²) in [5.41, 5.74) is 2.94. The number of carbonyl (C=O) groups excluding carboxylic acids is 2. The third-order valence-electron chi connectivity index (χ3n) is 4.65. The third-order valence-corrected chi connectivity index (χ3v) is 5.93. The highest BCUT2D eigenvalue weighted by molar-refractivity contribution is 7.26.